The standard InChI is InChI=1S/C16H23N5O2/c1-11(2)16-18-15(19-23-16)13-5-4-6-20(9-13)14(22)10-21-8-12(3)7-17-21/h7-8,11,13H,4-6,9-10H2,1-3H3/t13-/m1/s1. The van der Waals surface area contributed by atoms with Crippen LogP contribution < -0.4 is 0 Å². The second-order valence-corrected chi connectivity index (χ2v) is 6.54. The normalized spacial score (nSPS) is 18.6. The summed E-state index contributed by atoms with van der Waals surface area (Å²) in [6.45, 7) is 7.73. The van der Waals surface area contributed by atoms with Crippen LogP contribution in [0.15, 0.2) is 16.9 Å². The predicted octanol–water partition coefficient (Wildman–Crippen LogP) is 2.10. The van der Waals surface area contributed by atoms with Crippen molar-refractivity contribution in [3.63, 3.8) is 0 Å². The van der Waals surface area contributed by atoms with Crippen molar-refractivity contribution < 1.29 is 9.32 Å². The Hall–Kier alpha value is -2.18. The molecular weight excluding hydrogens is 294 g/mol. The van der Waals surface area contributed by atoms with E-state index in [9.17, 15) is 4.79 Å². The van der Waals surface area contributed by atoms with Gasteiger partial charge in [0.15, 0.2) is 5.82 Å². The highest BCUT2D eigenvalue weighted by Gasteiger charge is 2.28. The van der Waals surface area contributed by atoms with E-state index < -0.39 is 0 Å². The molecule has 0 aromatic carbocycles. The van der Waals surface area contributed by atoms with Crippen LogP contribution in [-0.4, -0.2) is 43.8 Å². The first-order chi connectivity index (χ1) is 11.0. The van der Waals surface area contributed by atoms with E-state index in [1.54, 1.807) is 10.9 Å². The molecule has 3 rings (SSSR count). The summed E-state index contributed by atoms with van der Waals surface area (Å²) in [6, 6.07) is 0. The number of likely N-dealkylation sites (tertiary alicyclic amines) is 1. The van der Waals surface area contributed by atoms with Gasteiger partial charge in [0.25, 0.3) is 0 Å². The Morgan fingerprint density at radius 2 is 2.30 bits per heavy atom. The van der Waals surface area contributed by atoms with E-state index in [0.29, 0.717) is 12.4 Å². The Balaban J connectivity index is 1.64. The van der Waals surface area contributed by atoms with Crippen molar-refractivity contribution in [2.45, 2.75) is 52.0 Å². The molecule has 3 heterocycles. The van der Waals surface area contributed by atoms with Crippen LogP contribution in [-0.2, 0) is 11.3 Å². The lowest BCUT2D eigenvalue weighted by molar-refractivity contribution is -0.133. The lowest BCUT2D eigenvalue weighted by atomic mass is 9.97. The Labute approximate surface area is 135 Å². The average Bonchev–Trinajstić information content (AvgIpc) is 3.17. The van der Waals surface area contributed by atoms with E-state index in [0.717, 1.165) is 30.8 Å². The molecule has 1 aliphatic heterocycles. The highest BCUT2D eigenvalue weighted by atomic mass is 16.5. The Morgan fingerprint density at radius 3 is 2.96 bits per heavy atom. The van der Waals surface area contributed by atoms with Crippen LogP contribution in [0.3, 0.4) is 0 Å². The van der Waals surface area contributed by atoms with E-state index in [1.807, 2.05) is 31.9 Å². The summed E-state index contributed by atoms with van der Waals surface area (Å²) >= 11 is 0. The number of carbonyl (C=O) groups is 1. The summed E-state index contributed by atoms with van der Waals surface area (Å²) in [5.41, 5.74) is 1.06. The molecule has 0 N–H and O–H groups in total. The number of nitrogens with zero attached hydrogens (tertiary/aromatic N) is 5. The van der Waals surface area contributed by atoms with Crippen LogP contribution in [0.5, 0.6) is 0 Å². The van der Waals surface area contributed by atoms with Gasteiger partial charge in [-0.15, -0.1) is 0 Å². The van der Waals surface area contributed by atoms with Crippen LogP contribution in [0.1, 0.15) is 55.8 Å². The van der Waals surface area contributed by atoms with Crippen molar-refractivity contribution in [1.29, 1.82) is 0 Å². The van der Waals surface area contributed by atoms with Crippen molar-refractivity contribution in [1.82, 2.24) is 24.8 Å². The molecule has 0 aliphatic carbocycles. The molecule has 1 fully saturated rings. The summed E-state index contributed by atoms with van der Waals surface area (Å²) < 4.78 is 6.98. The fourth-order valence-corrected chi connectivity index (χ4v) is 2.85. The number of aryl methyl sites for hydroxylation is 1. The minimum Gasteiger partial charge on any atom is -0.340 e. The molecular formula is C16H23N5O2. The van der Waals surface area contributed by atoms with Crippen LogP contribution in [0.4, 0.5) is 0 Å². The number of hydrogen-bond acceptors (Lipinski definition) is 5. The van der Waals surface area contributed by atoms with Gasteiger partial charge in [0, 0.05) is 31.1 Å². The summed E-state index contributed by atoms with van der Waals surface area (Å²) in [4.78, 5) is 18.8. The number of carbonyl (C=O) groups excluding carboxylic acids is 1. The molecule has 124 valence electrons. The van der Waals surface area contributed by atoms with Crippen molar-refractivity contribution in [2.24, 2.45) is 0 Å². The maximum atomic E-state index is 12.5. The van der Waals surface area contributed by atoms with Gasteiger partial charge in [-0.1, -0.05) is 19.0 Å². The minimum absolute atomic E-state index is 0.0883. The second-order valence-electron chi connectivity index (χ2n) is 6.54. The molecule has 0 radical (unpaired) electrons. The zero-order valence-corrected chi connectivity index (χ0v) is 13.9. The van der Waals surface area contributed by atoms with E-state index >= 15 is 0 Å². The Kier molecular flexibility index (Phi) is 4.45. The van der Waals surface area contributed by atoms with Gasteiger partial charge in [-0.3, -0.25) is 9.48 Å². The molecule has 23 heavy (non-hydrogen) atoms. The predicted molar refractivity (Wildman–Crippen MR) is 83.9 cm³/mol. The molecule has 0 unspecified atom stereocenters. The van der Waals surface area contributed by atoms with Crippen molar-refractivity contribution in [2.75, 3.05) is 13.1 Å². The van der Waals surface area contributed by atoms with Gasteiger partial charge in [0.2, 0.25) is 11.8 Å². The molecule has 1 aliphatic rings. The summed E-state index contributed by atoms with van der Waals surface area (Å²) in [5, 5.41) is 8.28. The maximum absolute atomic E-state index is 12.5. The van der Waals surface area contributed by atoms with Crippen LogP contribution >= 0.6 is 0 Å². The number of amides is 1. The zero-order valence-electron chi connectivity index (χ0n) is 13.9. The van der Waals surface area contributed by atoms with Gasteiger partial charge < -0.3 is 9.42 Å². The molecule has 1 saturated heterocycles. The molecule has 7 heteroatoms. The van der Waals surface area contributed by atoms with Crippen molar-refractivity contribution >= 4 is 5.91 Å². The summed E-state index contributed by atoms with van der Waals surface area (Å²) in [6.07, 6.45) is 5.59. The Morgan fingerprint density at radius 1 is 1.48 bits per heavy atom. The topological polar surface area (TPSA) is 77.0 Å². The number of aromatic nitrogens is 4. The van der Waals surface area contributed by atoms with Gasteiger partial charge >= 0.3 is 0 Å². The maximum Gasteiger partial charge on any atom is 0.244 e. The molecule has 2 aromatic rings. The third-order valence-electron chi connectivity index (χ3n) is 4.15. The van der Waals surface area contributed by atoms with Crippen LogP contribution in [0.25, 0.3) is 0 Å². The average molecular weight is 317 g/mol. The van der Waals surface area contributed by atoms with Crippen LogP contribution in [0.2, 0.25) is 0 Å². The van der Waals surface area contributed by atoms with Gasteiger partial charge in [-0.05, 0) is 25.3 Å². The fourth-order valence-electron chi connectivity index (χ4n) is 2.85. The molecule has 1 atom stereocenters. The van der Waals surface area contributed by atoms with Gasteiger partial charge in [0.1, 0.15) is 6.54 Å². The lowest BCUT2D eigenvalue weighted by Gasteiger charge is -2.31. The van der Waals surface area contributed by atoms with E-state index in [-0.39, 0.29) is 24.3 Å². The van der Waals surface area contributed by atoms with Gasteiger partial charge in [-0.2, -0.15) is 10.1 Å². The van der Waals surface area contributed by atoms with E-state index in [4.69, 9.17) is 4.52 Å². The lowest BCUT2D eigenvalue weighted by Crippen LogP contribution is -2.41. The second kappa shape index (κ2) is 6.52. The first-order valence-electron chi connectivity index (χ1n) is 8.13. The molecule has 7 nitrogen and oxygen atoms in total. The van der Waals surface area contributed by atoms with E-state index in [1.165, 1.54) is 0 Å². The monoisotopic (exact) mass is 317 g/mol. The first kappa shape index (κ1) is 15.7. The zero-order chi connectivity index (χ0) is 16.4. The number of piperidine rings is 1. The molecule has 0 bridgehead atoms. The van der Waals surface area contributed by atoms with Crippen molar-refractivity contribution in [3.8, 4) is 0 Å². The molecule has 1 amide bonds. The van der Waals surface area contributed by atoms with Crippen molar-refractivity contribution in [3.05, 3.63) is 29.7 Å². The minimum atomic E-state index is 0.0883. The quantitative estimate of drug-likeness (QED) is 0.863. The third kappa shape index (κ3) is 3.60. The van der Waals surface area contributed by atoms with E-state index in [2.05, 4.69) is 15.2 Å². The molecule has 2 aromatic heterocycles. The Bertz CT molecular complexity index is 676. The summed E-state index contributed by atoms with van der Waals surface area (Å²) in [5.74, 6) is 1.85. The first-order valence-corrected chi connectivity index (χ1v) is 8.13. The number of hydrogen-bond donors (Lipinski definition) is 0. The smallest absolute Gasteiger partial charge is 0.244 e. The highest BCUT2D eigenvalue weighted by molar-refractivity contribution is 5.76. The number of rotatable bonds is 4. The fraction of sp³-hybridized carbons (Fsp3) is 0.625. The van der Waals surface area contributed by atoms with Gasteiger partial charge in [-0.25, -0.2) is 0 Å². The molecule has 0 spiro atoms. The van der Waals surface area contributed by atoms with Gasteiger partial charge in [0.05, 0.1) is 6.20 Å². The molecule has 0 saturated carbocycles. The van der Waals surface area contributed by atoms with Crippen LogP contribution in [0, 0.1) is 6.92 Å². The highest BCUT2D eigenvalue weighted by Crippen LogP contribution is 2.26. The largest absolute Gasteiger partial charge is 0.340 e. The SMILES string of the molecule is Cc1cnn(CC(=O)N2CCC[C@@H](c3noc(C(C)C)n3)C2)c1. The third-order valence-corrected chi connectivity index (χ3v) is 4.15. The summed E-state index contributed by atoms with van der Waals surface area (Å²) in [7, 11) is 0.